The van der Waals surface area contributed by atoms with E-state index in [1.165, 1.54) is 48.5 Å². The number of aromatic hydroxyl groups is 2. The summed E-state index contributed by atoms with van der Waals surface area (Å²) in [6.45, 7) is 0. The molecule has 0 heterocycles. The Labute approximate surface area is 99.1 Å². The molecule has 0 bridgehead atoms. The second-order valence-electron chi connectivity index (χ2n) is 3.55. The molecular weight excluding hydrogens is 238 g/mol. The van der Waals surface area contributed by atoms with Crippen LogP contribution in [0.3, 0.4) is 0 Å². The van der Waals surface area contributed by atoms with Gasteiger partial charge in [-0.1, -0.05) is 12.1 Å². The summed E-state index contributed by atoms with van der Waals surface area (Å²) in [5.41, 5.74) is 0. The van der Waals surface area contributed by atoms with E-state index in [1.54, 1.807) is 0 Å². The summed E-state index contributed by atoms with van der Waals surface area (Å²) in [4.78, 5) is 0.422. The van der Waals surface area contributed by atoms with Gasteiger partial charge in [-0.25, -0.2) is 8.99 Å². The number of phenols is 2. The average Bonchev–Trinajstić information content (AvgIpc) is 2.29. The topological polar surface area (TPSA) is 81.4 Å². The van der Waals surface area contributed by atoms with Crippen LogP contribution in [0.25, 0.3) is 0 Å². The first-order valence-corrected chi connectivity index (χ1v) is 6.43. The minimum atomic E-state index is -3.20. The molecule has 0 aromatic heterocycles. The van der Waals surface area contributed by atoms with E-state index in [1.807, 2.05) is 0 Å². The molecule has 0 spiro atoms. The van der Waals surface area contributed by atoms with Crippen molar-refractivity contribution < 1.29 is 14.4 Å². The van der Waals surface area contributed by atoms with Gasteiger partial charge in [0, 0.05) is 0 Å². The van der Waals surface area contributed by atoms with Crippen LogP contribution >= 0.6 is 0 Å². The molecule has 2 aromatic rings. The molecule has 0 radical (unpaired) electrons. The zero-order valence-electron chi connectivity index (χ0n) is 8.83. The van der Waals surface area contributed by atoms with E-state index in [9.17, 15) is 14.4 Å². The fourth-order valence-electron chi connectivity index (χ4n) is 1.46. The van der Waals surface area contributed by atoms with Crippen LogP contribution in [-0.4, -0.2) is 14.4 Å². The smallest absolute Gasteiger partial charge is 0.116 e. The molecule has 17 heavy (non-hydrogen) atoms. The van der Waals surface area contributed by atoms with E-state index in [2.05, 4.69) is 0 Å². The van der Waals surface area contributed by atoms with Gasteiger partial charge in [-0.15, -0.1) is 0 Å². The molecule has 0 atom stereocenters. The molecule has 88 valence electrons. The summed E-state index contributed by atoms with van der Waals surface area (Å²) in [7, 11) is -3.20. The van der Waals surface area contributed by atoms with Crippen molar-refractivity contribution in [1.29, 1.82) is 4.78 Å². The molecule has 0 amide bonds. The molecule has 0 saturated heterocycles. The van der Waals surface area contributed by atoms with Crippen LogP contribution in [0.1, 0.15) is 0 Å². The van der Waals surface area contributed by atoms with Crippen molar-refractivity contribution in [3.8, 4) is 11.5 Å². The highest BCUT2D eigenvalue weighted by atomic mass is 32.2. The summed E-state index contributed by atoms with van der Waals surface area (Å²) in [6.07, 6.45) is 0. The van der Waals surface area contributed by atoms with Crippen LogP contribution in [0.2, 0.25) is 0 Å². The summed E-state index contributed by atoms with van der Waals surface area (Å²) in [5.74, 6) is -0.0785. The maximum Gasteiger partial charge on any atom is 0.116 e. The van der Waals surface area contributed by atoms with Gasteiger partial charge in [0.2, 0.25) is 0 Å². The van der Waals surface area contributed by atoms with Gasteiger partial charge < -0.3 is 10.2 Å². The fraction of sp³-hybridized carbons (Fsp3) is 0. The van der Waals surface area contributed by atoms with Gasteiger partial charge in [-0.05, 0) is 36.4 Å². The maximum absolute atomic E-state index is 12.3. The van der Waals surface area contributed by atoms with Crippen LogP contribution < -0.4 is 0 Å². The predicted molar refractivity (Wildman–Crippen MR) is 63.6 cm³/mol. The first-order chi connectivity index (χ1) is 8.00. The van der Waals surface area contributed by atoms with Gasteiger partial charge in [0.1, 0.15) is 21.2 Å². The summed E-state index contributed by atoms with van der Waals surface area (Å²) < 4.78 is 20.2. The minimum absolute atomic E-state index is 0.0392. The number of phenolic OH excluding ortho intramolecular Hbond substituents is 2. The standard InChI is InChI=1S/C12H11NO3S/c13-17(16,11-5-1-3-9(14)7-11)12-6-2-4-10(15)8-12/h1-8,13-15H. The number of nitrogens with one attached hydrogen (secondary N) is 1. The van der Waals surface area contributed by atoms with E-state index in [0.717, 1.165) is 0 Å². The van der Waals surface area contributed by atoms with Crippen molar-refractivity contribution in [2.24, 2.45) is 0 Å². The van der Waals surface area contributed by atoms with E-state index in [4.69, 9.17) is 4.78 Å². The monoisotopic (exact) mass is 249 g/mol. The van der Waals surface area contributed by atoms with Gasteiger partial charge in [0.25, 0.3) is 0 Å². The Morgan fingerprint density at radius 3 is 1.65 bits per heavy atom. The van der Waals surface area contributed by atoms with Crippen molar-refractivity contribution in [2.75, 3.05) is 0 Å². The Bertz CT molecular complexity index is 599. The molecule has 0 fully saturated rings. The molecule has 2 aromatic carbocycles. The second-order valence-corrected chi connectivity index (χ2v) is 5.61. The van der Waals surface area contributed by atoms with Crippen LogP contribution in [0.4, 0.5) is 0 Å². The Hall–Kier alpha value is -2.01. The number of hydrogen-bond donors (Lipinski definition) is 3. The Balaban J connectivity index is 2.58. The number of benzene rings is 2. The maximum atomic E-state index is 12.3. The largest absolute Gasteiger partial charge is 0.508 e. The molecule has 0 aliphatic heterocycles. The first-order valence-electron chi connectivity index (χ1n) is 4.87. The molecular formula is C12H11NO3S. The predicted octanol–water partition coefficient (Wildman–Crippen LogP) is 2.56. The molecule has 2 rings (SSSR count). The Kier molecular flexibility index (Phi) is 2.77. The van der Waals surface area contributed by atoms with Crippen LogP contribution in [0.5, 0.6) is 11.5 Å². The van der Waals surface area contributed by atoms with Gasteiger partial charge in [0.15, 0.2) is 0 Å². The quantitative estimate of drug-likeness (QED) is 0.765. The lowest BCUT2D eigenvalue weighted by Gasteiger charge is -2.08. The highest BCUT2D eigenvalue weighted by Gasteiger charge is 2.14. The number of hydrogen-bond acceptors (Lipinski definition) is 4. The van der Waals surface area contributed by atoms with Crippen LogP contribution in [-0.2, 0) is 9.73 Å². The third-order valence-electron chi connectivity index (χ3n) is 2.30. The zero-order valence-corrected chi connectivity index (χ0v) is 9.65. The lowest BCUT2D eigenvalue weighted by Crippen LogP contribution is -1.99. The first kappa shape index (κ1) is 11.5. The Morgan fingerprint density at radius 2 is 1.29 bits per heavy atom. The molecule has 0 aliphatic rings. The highest BCUT2D eigenvalue weighted by molar-refractivity contribution is 7.92. The van der Waals surface area contributed by atoms with Gasteiger partial charge in [-0.3, -0.25) is 0 Å². The van der Waals surface area contributed by atoms with E-state index in [-0.39, 0.29) is 21.3 Å². The van der Waals surface area contributed by atoms with Crippen molar-refractivity contribution in [3.63, 3.8) is 0 Å². The van der Waals surface area contributed by atoms with Crippen molar-refractivity contribution in [3.05, 3.63) is 48.5 Å². The molecule has 3 N–H and O–H groups in total. The lowest BCUT2D eigenvalue weighted by molar-refractivity contribution is 0.473. The average molecular weight is 249 g/mol. The molecule has 0 saturated carbocycles. The molecule has 0 unspecified atom stereocenters. The zero-order chi connectivity index (χ0) is 12.5. The molecule has 0 aliphatic carbocycles. The van der Waals surface area contributed by atoms with E-state index >= 15 is 0 Å². The SMILES string of the molecule is N=S(=O)(c1cccc(O)c1)c1cccc(O)c1. The normalized spacial score (nSPS) is 11.3. The molecule has 4 nitrogen and oxygen atoms in total. The summed E-state index contributed by atoms with van der Waals surface area (Å²) in [5, 5.41) is 18.6. The number of rotatable bonds is 2. The highest BCUT2D eigenvalue weighted by Crippen LogP contribution is 2.26. The van der Waals surface area contributed by atoms with Crippen molar-refractivity contribution in [1.82, 2.24) is 0 Å². The van der Waals surface area contributed by atoms with Gasteiger partial charge >= 0.3 is 0 Å². The van der Waals surface area contributed by atoms with Gasteiger partial charge in [0.05, 0.1) is 9.79 Å². The van der Waals surface area contributed by atoms with Crippen LogP contribution in [0, 0.1) is 4.78 Å². The van der Waals surface area contributed by atoms with Crippen molar-refractivity contribution >= 4 is 9.73 Å². The van der Waals surface area contributed by atoms with Crippen molar-refractivity contribution in [2.45, 2.75) is 9.79 Å². The lowest BCUT2D eigenvalue weighted by atomic mass is 10.3. The third-order valence-corrected chi connectivity index (χ3v) is 4.13. The molecule has 5 heteroatoms. The fourth-order valence-corrected chi connectivity index (χ4v) is 2.85. The van der Waals surface area contributed by atoms with E-state index in [0.29, 0.717) is 0 Å². The van der Waals surface area contributed by atoms with Gasteiger partial charge in [-0.2, -0.15) is 0 Å². The Morgan fingerprint density at radius 1 is 0.882 bits per heavy atom. The summed E-state index contributed by atoms with van der Waals surface area (Å²) >= 11 is 0. The summed E-state index contributed by atoms with van der Waals surface area (Å²) in [6, 6.07) is 11.6. The second kappa shape index (κ2) is 4.10. The minimum Gasteiger partial charge on any atom is -0.508 e. The van der Waals surface area contributed by atoms with Crippen LogP contribution in [0.15, 0.2) is 58.3 Å². The van der Waals surface area contributed by atoms with E-state index < -0.39 is 9.73 Å². The third kappa shape index (κ3) is 2.24.